The van der Waals surface area contributed by atoms with Gasteiger partial charge in [0.05, 0.1) is 12.7 Å². The third kappa shape index (κ3) is 1.74. The van der Waals surface area contributed by atoms with Crippen molar-refractivity contribution >= 4 is 0 Å². The van der Waals surface area contributed by atoms with Crippen LogP contribution in [0, 0.1) is 0 Å². The molecule has 2 heterocycles. The molecule has 0 aromatic carbocycles. The molecule has 3 nitrogen and oxygen atoms in total. The van der Waals surface area contributed by atoms with Gasteiger partial charge in [-0.15, -0.1) is 0 Å². The minimum absolute atomic E-state index is 0.0677. The fraction of sp³-hybridized carbons (Fsp3) is 0.444. The van der Waals surface area contributed by atoms with Crippen molar-refractivity contribution in [1.29, 1.82) is 0 Å². The molecule has 12 heavy (non-hydrogen) atoms. The average Bonchev–Trinajstić information content (AvgIpc) is 2.86. The zero-order valence-corrected chi connectivity index (χ0v) is 6.77. The first kappa shape index (κ1) is 7.55. The first-order valence-corrected chi connectivity index (χ1v) is 4.13. The molecule has 0 N–H and O–H groups in total. The zero-order chi connectivity index (χ0) is 8.39. The molecular formula is C9H11NO2. The molecule has 64 valence electrons. The molecule has 1 fully saturated rings. The van der Waals surface area contributed by atoms with Gasteiger partial charge in [0.2, 0.25) is 5.56 Å². The van der Waals surface area contributed by atoms with E-state index in [9.17, 15) is 4.79 Å². The molecule has 0 bridgehead atoms. The van der Waals surface area contributed by atoms with Gasteiger partial charge in [-0.25, -0.2) is 0 Å². The van der Waals surface area contributed by atoms with Crippen molar-refractivity contribution in [3.8, 4) is 0 Å². The van der Waals surface area contributed by atoms with Crippen LogP contribution in [0.4, 0.5) is 0 Å². The molecule has 0 aliphatic carbocycles. The predicted molar refractivity (Wildman–Crippen MR) is 45.1 cm³/mol. The summed E-state index contributed by atoms with van der Waals surface area (Å²) in [5.41, 5.74) is 0.0677. The van der Waals surface area contributed by atoms with Gasteiger partial charge in [-0.05, 0) is 12.5 Å². The largest absolute Gasteiger partial charge is 0.373 e. The predicted octanol–water partition coefficient (Wildman–Crippen LogP) is 0.637. The number of epoxide rings is 1. The van der Waals surface area contributed by atoms with E-state index in [2.05, 4.69) is 0 Å². The highest BCUT2D eigenvalue weighted by atomic mass is 16.6. The van der Waals surface area contributed by atoms with Crippen LogP contribution in [-0.2, 0) is 11.3 Å². The third-order valence-corrected chi connectivity index (χ3v) is 1.99. The summed E-state index contributed by atoms with van der Waals surface area (Å²) < 4.78 is 6.76. The number of rotatable bonds is 3. The van der Waals surface area contributed by atoms with Crippen molar-refractivity contribution in [1.82, 2.24) is 4.57 Å². The van der Waals surface area contributed by atoms with E-state index in [0.29, 0.717) is 6.10 Å². The van der Waals surface area contributed by atoms with Gasteiger partial charge in [0.25, 0.3) is 0 Å². The van der Waals surface area contributed by atoms with Crippen LogP contribution in [-0.4, -0.2) is 17.3 Å². The molecule has 1 atom stereocenters. The quantitative estimate of drug-likeness (QED) is 0.616. The van der Waals surface area contributed by atoms with E-state index in [1.54, 1.807) is 16.7 Å². The SMILES string of the molecule is O=c1ccccn1CCC1CO1. The number of nitrogens with zero attached hydrogens (tertiary/aromatic N) is 1. The van der Waals surface area contributed by atoms with Crippen molar-refractivity contribution in [2.24, 2.45) is 0 Å². The molecule has 1 unspecified atom stereocenters. The van der Waals surface area contributed by atoms with Gasteiger partial charge in [0.15, 0.2) is 0 Å². The minimum Gasteiger partial charge on any atom is -0.373 e. The molecule has 0 radical (unpaired) electrons. The lowest BCUT2D eigenvalue weighted by atomic mass is 10.3. The summed E-state index contributed by atoms with van der Waals surface area (Å²) in [7, 11) is 0. The van der Waals surface area contributed by atoms with E-state index in [-0.39, 0.29) is 5.56 Å². The summed E-state index contributed by atoms with van der Waals surface area (Å²) in [6.45, 7) is 1.63. The second-order valence-corrected chi connectivity index (χ2v) is 2.98. The molecule has 3 heteroatoms. The highest BCUT2D eigenvalue weighted by Crippen LogP contribution is 2.13. The number of ether oxygens (including phenoxy) is 1. The molecule has 1 aromatic heterocycles. The normalized spacial score (nSPS) is 20.8. The Morgan fingerprint density at radius 1 is 1.58 bits per heavy atom. The smallest absolute Gasteiger partial charge is 0.250 e. The Labute approximate surface area is 70.6 Å². The van der Waals surface area contributed by atoms with E-state index in [4.69, 9.17) is 4.74 Å². The van der Waals surface area contributed by atoms with Crippen molar-refractivity contribution in [2.75, 3.05) is 6.61 Å². The third-order valence-electron chi connectivity index (χ3n) is 1.99. The van der Waals surface area contributed by atoms with Crippen LogP contribution in [0.25, 0.3) is 0 Å². The molecule has 1 aliphatic heterocycles. The molecule has 1 aromatic rings. The van der Waals surface area contributed by atoms with E-state index in [1.807, 2.05) is 12.3 Å². The maximum atomic E-state index is 11.2. The Bertz CT molecular complexity index is 314. The lowest BCUT2D eigenvalue weighted by Crippen LogP contribution is -2.18. The van der Waals surface area contributed by atoms with Gasteiger partial charge in [-0.3, -0.25) is 4.79 Å². The lowest BCUT2D eigenvalue weighted by molar-refractivity contribution is 0.384. The summed E-state index contributed by atoms with van der Waals surface area (Å²) in [6, 6.07) is 5.20. The Morgan fingerprint density at radius 2 is 2.42 bits per heavy atom. The van der Waals surface area contributed by atoms with E-state index in [1.165, 1.54) is 0 Å². The molecule has 0 amide bonds. The highest BCUT2D eigenvalue weighted by molar-refractivity contribution is 4.93. The van der Waals surface area contributed by atoms with Crippen LogP contribution in [0.15, 0.2) is 29.2 Å². The minimum atomic E-state index is 0.0677. The molecular weight excluding hydrogens is 154 g/mol. The summed E-state index contributed by atoms with van der Waals surface area (Å²) in [5.74, 6) is 0. The van der Waals surface area contributed by atoms with Gasteiger partial charge in [0.1, 0.15) is 0 Å². The summed E-state index contributed by atoms with van der Waals surface area (Å²) in [6.07, 6.45) is 3.16. The first-order chi connectivity index (χ1) is 5.86. The second kappa shape index (κ2) is 3.11. The second-order valence-electron chi connectivity index (χ2n) is 2.98. The molecule has 0 saturated carbocycles. The van der Waals surface area contributed by atoms with E-state index in [0.717, 1.165) is 19.6 Å². The van der Waals surface area contributed by atoms with E-state index < -0.39 is 0 Å². The van der Waals surface area contributed by atoms with Gasteiger partial charge >= 0.3 is 0 Å². The molecule has 1 aliphatic rings. The number of hydrogen-bond donors (Lipinski definition) is 0. The Balaban J connectivity index is 2.01. The van der Waals surface area contributed by atoms with Gasteiger partial charge in [-0.2, -0.15) is 0 Å². The Morgan fingerprint density at radius 3 is 3.08 bits per heavy atom. The Hall–Kier alpha value is -1.09. The average molecular weight is 165 g/mol. The fourth-order valence-corrected chi connectivity index (χ4v) is 1.16. The maximum Gasteiger partial charge on any atom is 0.250 e. The van der Waals surface area contributed by atoms with Crippen LogP contribution in [0.2, 0.25) is 0 Å². The molecule has 2 rings (SSSR count). The van der Waals surface area contributed by atoms with Gasteiger partial charge < -0.3 is 9.30 Å². The standard InChI is InChI=1S/C9H11NO2/c11-9-3-1-2-5-10(9)6-4-8-7-12-8/h1-3,5,8H,4,6-7H2. The van der Waals surface area contributed by atoms with E-state index >= 15 is 0 Å². The van der Waals surface area contributed by atoms with Gasteiger partial charge in [0, 0.05) is 18.8 Å². The summed E-state index contributed by atoms with van der Waals surface area (Å²) >= 11 is 0. The van der Waals surface area contributed by atoms with Crippen LogP contribution >= 0.6 is 0 Å². The highest BCUT2D eigenvalue weighted by Gasteiger charge is 2.21. The monoisotopic (exact) mass is 165 g/mol. The van der Waals surface area contributed by atoms with Crippen molar-refractivity contribution in [2.45, 2.75) is 19.1 Å². The summed E-state index contributed by atoms with van der Waals surface area (Å²) in [4.78, 5) is 11.2. The van der Waals surface area contributed by atoms with Crippen LogP contribution in [0.5, 0.6) is 0 Å². The number of aryl methyl sites for hydroxylation is 1. The van der Waals surface area contributed by atoms with Crippen molar-refractivity contribution in [3.05, 3.63) is 34.7 Å². The van der Waals surface area contributed by atoms with Gasteiger partial charge in [-0.1, -0.05) is 6.07 Å². The summed E-state index contributed by atoms with van der Waals surface area (Å²) in [5, 5.41) is 0. The van der Waals surface area contributed by atoms with Crippen molar-refractivity contribution in [3.63, 3.8) is 0 Å². The number of hydrogen-bond acceptors (Lipinski definition) is 2. The maximum absolute atomic E-state index is 11.2. The molecule has 0 spiro atoms. The first-order valence-electron chi connectivity index (χ1n) is 4.13. The molecule has 1 saturated heterocycles. The fourth-order valence-electron chi connectivity index (χ4n) is 1.16. The lowest BCUT2D eigenvalue weighted by Gasteiger charge is -2.01. The topological polar surface area (TPSA) is 34.5 Å². The van der Waals surface area contributed by atoms with Crippen molar-refractivity contribution < 1.29 is 4.74 Å². The van der Waals surface area contributed by atoms with Crippen LogP contribution < -0.4 is 5.56 Å². The van der Waals surface area contributed by atoms with Crippen LogP contribution in [0.3, 0.4) is 0 Å². The number of pyridine rings is 1. The zero-order valence-electron chi connectivity index (χ0n) is 6.77. The number of aromatic nitrogens is 1. The van der Waals surface area contributed by atoms with Crippen LogP contribution in [0.1, 0.15) is 6.42 Å². The Kier molecular flexibility index (Phi) is 1.96.